The summed E-state index contributed by atoms with van der Waals surface area (Å²) in [5.41, 5.74) is -0.475. The molecule has 0 spiro atoms. The molecule has 0 amide bonds. The molecule has 1 rings (SSSR count). The second-order valence-electron chi connectivity index (χ2n) is 3.10. The molecule has 50 valence electrons. The standard InChI is InChI=1S/C8H12O/c1-3-7-4-5-8(2,9)6-7/h1,7,9H,4-6H2,2H3. The Bertz CT molecular complexity index is 141. The molecule has 1 saturated carbocycles. The number of hydrogen-bond acceptors (Lipinski definition) is 1. The first-order chi connectivity index (χ1) is 4.14. The van der Waals surface area contributed by atoms with Crippen molar-refractivity contribution in [1.29, 1.82) is 0 Å². The molecule has 1 nitrogen and oxygen atoms in total. The number of hydrogen-bond donors (Lipinski definition) is 1. The Labute approximate surface area is 56.1 Å². The molecule has 9 heavy (non-hydrogen) atoms. The maximum Gasteiger partial charge on any atom is 0.0632 e. The van der Waals surface area contributed by atoms with Gasteiger partial charge >= 0.3 is 0 Å². The van der Waals surface area contributed by atoms with Gasteiger partial charge in [0.25, 0.3) is 0 Å². The zero-order valence-corrected chi connectivity index (χ0v) is 5.72. The van der Waals surface area contributed by atoms with E-state index in [1.807, 2.05) is 6.92 Å². The average molecular weight is 124 g/mol. The maximum absolute atomic E-state index is 9.40. The van der Waals surface area contributed by atoms with E-state index in [4.69, 9.17) is 6.42 Å². The van der Waals surface area contributed by atoms with E-state index in [-0.39, 0.29) is 0 Å². The van der Waals surface area contributed by atoms with E-state index in [9.17, 15) is 5.11 Å². The highest BCUT2D eigenvalue weighted by Crippen LogP contribution is 2.33. The minimum atomic E-state index is -0.475. The Morgan fingerprint density at radius 3 is 2.67 bits per heavy atom. The molecule has 2 unspecified atom stereocenters. The predicted octanol–water partition coefficient (Wildman–Crippen LogP) is 1.17. The normalized spacial score (nSPS) is 42.6. The Morgan fingerprint density at radius 1 is 1.78 bits per heavy atom. The second-order valence-corrected chi connectivity index (χ2v) is 3.10. The minimum Gasteiger partial charge on any atom is -0.390 e. The van der Waals surface area contributed by atoms with Crippen LogP contribution in [0.4, 0.5) is 0 Å². The van der Waals surface area contributed by atoms with Crippen LogP contribution in [0.3, 0.4) is 0 Å². The van der Waals surface area contributed by atoms with Crippen molar-refractivity contribution in [2.45, 2.75) is 31.8 Å². The van der Waals surface area contributed by atoms with Crippen molar-refractivity contribution in [2.24, 2.45) is 5.92 Å². The number of rotatable bonds is 0. The van der Waals surface area contributed by atoms with Crippen LogP contribution in [0, 0.1) is 18.3 Å². The molecule has 0 aliphatic heterocycles. The van der Waals surface area contributed by atoms with Gasteiger partial charge < -0.3 is 5.11 Å². The summed E-state index contributed by atoms with van der Waals surface area (Å²) in [5.74, 6) is 2.98. The van der Waals surface area contributed by atoms with Crippen molar-refractivity contribution in [1.82, 2.24) is 0 Å². The van der Waals surface area contributed by atoms with Crippen LogP contribution in [0.15, 0.2) is 0 Å². The highest BCUT2D eigenvalue weighted by atomic mass is 16.3. The number of terminal acetylenes is 1. The molecule has 1 fully saturated rings. The third kappa shape index (κ3) is 1.46. The highest BCUT2D eigenvalue weighted by Gasteiger charge is 2.31. The van der Waals surface area contributed by atoms with Crippen LogP contribution in [-0.2, 0) is 0 Å². The summed E-state index contributed by atoms with van der Waals surface area (Å²) in [6, 6.07) is 0. The van der Waals surface area contributed by atoms with Crippen molar-refractivity contribution in [3.63, 3.8) is 0 Å². The largest absolute Gasteiger partial charge is 0.390 e. The van der Waals surface area contributed by atoms with E-state index in [2.05, 4.69) is 5.92 Å². The van der Waals surface area contributed by atoms with Gasteiger partial charge in [-0.2, -0.15) is 0 Å². The summed E-state index contributed by atoms with van der Waals surface area (Å²) in [6.07, 6.45) is 7.83. The van der Waals surface area contributed by atoms with Crippen LogP contribution in [0.1, 0.15) is 26.2 Å². The fourth-order valence-corrected chi connectivity index (χ4v) is 1.36. The first-order valence-electron chi connectivity index (χ1n) is 3.32. The topological polar surface area (TPSA) is 20.2 Å². The minimum absolute atomic E-state index is 0.319. The smallest absolute Gasteiger partial charge is 0.0632 e. The third-order valence-corrected chi connectivity index (χ3v) is 1.95. The predicted molar refractivity (Wildman–Crippen MR) is 36.8 cm³/mol. The van der Waals surface area contributed by atoms with Crippen LogP contribution in [-0.4, -0.2) is 10.7 Å². The molecular formula is C8H12O. The molecule has 0 aromatic carbocycles. The van der Waals surface area contributed by atoms with Crippen LogP contribution < -0.4 is 0 Å². The lowest BCUT2D eigenvalue weighted by molar-refractivity contribution is 0.0658. The van der Waals surface area contributed by atoms with Crippen LogP contribution in [0.2, 0.25) is 0 Å². The molecule has 0 aromatic heterocycles. The molecule has 0 saturated heterocycles. The van der Waals surface area contributed by atoms with Crippen molar-refractivity contribution in [3.8, 4) is 12.3 Å². The zero-order valence-electron chi connectivity index (χ0n) is 5.72. The van der Waals surface area contributed by atoms with Gasteiger partial charge in [-0.1, -0.05) is 0 Å². The lowest BCUT2D eigenvalue weighted by Crippen LogP contribution is -2.18. The summed E-state index contributed by atoms with van der Waals surface area (Å²) in [6.45, 7) is 1.85. The monoisotopic (exact) mass is 124 g/mol. The average Bonchev–Trinajstić information content (AvgIpc) is 2.10. The molecule has 0 bridgehead atoms. The zero-order chi connectivity index (χ0) is 6.91. The van der Waals surface area contributed by atoms with Crippen LogP contribution in [0.5, 0.6) is 0 Å². The first kappa shape index (κ1) is 6.64. The Balaban J connectivity index is 2.50. The van der Waals surface area contributed by atoms with E-state index >= 15 is 0 Å². The molecule has 0 heterocycles. The summed E-state index contributed by atoms with van der Waals surface area (Å²) < 4.78 is 0. The van der Waals surface area contributed by atoms with E-state index in [0.29, 0.717) is 5.92 Å². The van der Waals surface area contributed by atoms with Gasteiger partial charge in [-0.05, 0) is 26.2 Å². The van der Waals surface area contributed by atoms with Gasteiger partial charge in [0.2, 0.25) is 0 Å². The number of aliphatic hydroxyl groups is 1. The fourth-order valence-electron chi connectivity index (χ4n) is 1.36. The van der Waals surface area contributed by atoms with Gasteiger partial charge in [-0.3, -0.25) is 0 Å². The van der Waals surface area contributed by atoms with E-state index < -0.39 is 5.60 Å². The van der Waals surface area contributed by atoms with Gasteiger partial charge in [0.1, 0.15) is 0 Å². The molecule has 1 heteroatoms. The SMILES string of the molecule is C#CC1CCC(C)(O)C1. The highest BCUT2D eigenvalue weighted by molar-refractivity contribution is 5.01. The molecule has 2 atom stereocenters. The van der Waals surface area contributed by atoms with Crippen molar-refractivity contribution in [2.75, 3.05) is 0 Å². The first-order valence-corrected chi connectivity index (χ1v) is 3.32. The van der Waals surface area contributed by atoms with Crippen molar-refractivity contribution in [3.05, 3.63) is 0 Å². The van der Waals surface area contributed by atoms with E-state index in [0.717, 1.165) is 19.3 Å². The molecule has 0 aromatic rings. The van der Waals surface area contributed by atoms with E-state index in [1.165, 1.54) is 0 Å². The second kappa shape index (κ2) is 2.04. The molecule has 0 radical (unpaired) electrons. The molecular weight excluding hydrogens is 112 g/mol. The Hall–Kier alpha value is -0.480. The lowest BCUT2D eigenvalue weighted by atomic mass is 10.0. The van der Waals surface area contributed by atoms with Crippen molar-refractivity contribution < 1.29 is 5.11 Å². The van der Waals surface area contributed by atoms with Crippen LogP contribution in [0.25, 0.3) is 0 Å². The lowest BCUT2D eigenvalue weighted by Gasteiger charge is -2.13. The van der Waals surface area contributed by atoms with Gasteiger partial charge in [0.15, 0.2) is 0 Å². The quantitative estimate of drug-likeness (QED) is 0.481. The van der Waals surface area contributed by atoms with Gasteiger partial charge in [0, 0.05) is 5.92 Å². The molecule has 1 N–H and O–H groups in total. The summed E-state index contributed by atoms with van der Waals surface area (Å²) in [7, 11) is 0. The van der Waals surface area contributed by atoms with Gasteiger partial charge in [0.05, 0.1) is 5.60 Å². The Kier molecular flexibility index (Phi) is 1.50. The summed E-state index contributed by atoms with van der Waals surface area (Å²) in [4.78, 5) is 0. The Morgan fingerprint density at radius 2 is 2.44 bits per heavy atom. The fraction of sp³-hybridized carbons (Fsp3) is 0.750. The van der Waals surface area contributed by atoms with Crippen LogP contribution >= 0.6 is 0 Å². The van der Waals surface area contributed by atoms with E-state index in [1.54, 1.807) is 0 Å². The maximum atomic E-state index is 9.40. The molecule has 1 aliphatic rings. The summed E-state index contributed by atoms with van der Waals surface area (Å²) >= 11 is 0. The summed E-state index contributed by atoms with van der Waals surface area (Å²) in [5, 5.41) is 9.40. The van der Waals surface area contributed by atoms with Gasteiger partial charge in [-0.25, -0.2) is 0 Å². The third-order valence-electron chi connectivity index (χ3n) is 1.95. The molecule has 1 aliphatic carbocycles. The van der Waals surface area contributed by atoms with Crippen molar-refractivity contribution >= 4 is 0 Å². The van der Waals surface area contributed by atoms with Gasteiger partial charge in [-0.15, -0.1) is 12.3 Å².